The number of rotatable bonds is 4. The van der Waals surface area contributed by atoms with Crippen LogP contribution in [0.4, 0.5) is 5.00 Å². The molecule has 2 aromatic rings. The molecule has 0 amide bonds. The number of ether oxygens (including phenoxy) is 1. The van der Waals surface area contributed by atoms with Crippen LogP contribution in [-0.2, 0) is 18.3 Å². The zero-order chi connectivity index (χ0) is 18.0. The monoisotopic (exact) mass is 366 g/mol. The Labute approximate surface area is 151 Å². The van der Waals surface area contributed by atoms with Gasteiger partial charge in [-0.2, -0.15) is 5.10 Å². The van der Waals surface area contributed by atoms with Crippen molar-refractivity contribution in [2.45, 2.75) is 27.3 Å². The largest absolute Gasteiger partial charge is 0.465 e. The smallest absolute Gasteiger partial charge is 0.341 e. The number of methoxy groups -OCH3 is 1. The SMILES string of the molecule is COC(=O)c1c(NC(=S)N(C)Cc2cn(C)nc2C)sc(C)c1C. The fourth-order valence-electron chi connectivity index (χ4n) is 2.39. The van der Waals surface area contributed by atoms with Gasteiger partial charge in [-0.25, -0.2) is 4.79 Å². The summed E-state index contributed by atoms with van der Waals surface area (Å²) in [5.41, 5.74) is 3.55. The van der Waals surface area contributed by atoms with E-state index in [0.29, 0.717) is 17.2 Å². The standard InChI is InChI=1S/C16H22N4O2S2/c1-9-11(3)24-14(13(9)15(21)22-6)17-16(23)19(4)7-12-8-20(5)18-10(12)2/h8H,7H2,1-6H3,(H,17,23). The molecule has 6 nitrogen and oxygen atoms in total. The summed E-state index contributed by atoms with van der Waals surface area (Å²) in [4.78, 5) is 15.0. The lowest BCUT2D eigenvalue weighted by Crippen LogP contribution is -2.31. The Morgan fingerprint density at radius 2 is 2.12 bits per heavy atom. The quantitative estimate of drug-likeness (QED) is 0.663. The van der Waals surface area contributed by atoms with Crippen LogP contribution in [0.25, 0.3) is 0 Å². The average molecular weight is 367 g/mol. The Hall–Kier alpha value is -1.93. The van der Waals surface area contributed by atoms with E-state index in [1.54, 1.807) is 4.68 Å². The minimum atomic E-state index is -0.354. The third-order valence-corrected chi connectivity index (χ3v) is 5.40. The fourth-order valence-corrected chi connectivity index (χ4v) is 3.67. The number of anilines is 1. The molecule has 1 N–H and O–H groups in total. The molecule has 0 radical (unpaired) electrons. The van der Waals surface area contributed by atoms with Crippen LogP contribution in [0.1, 0.15) is 32.1 Å². The van der Waals surface area contributed by atoms with Crippen LogP contribution < -0.4 is 5.32 Å². The second-order valence-corrected chi connectivity index (χ2v) is 7.29. The number of aromatic nitrogens is 2. The van der Waals surface area contributed by atoms with Gasteiger partial charge in [-0.15, -0.1) is 11.3 Å². The number of nitrogens with one attached hydrogen (secondary N) is 1. The van der Waals surface area contributed by atoms with E-state index < -0.39 is 0 Å². The van der Waals surface area contributed by atoms with Crippen molar-refractivity contribution in [2.24, 2.45) is 7.05 Å². The molecule has 2 heterocycles. The molecule has 2 rings (SSSR count). The van der Waals surface area contributed by atoms with Gasteiger partial charge in [0, 0.05) is 37.3 Å². The number of esters is 1. The van der Waals surface area contributed by atoms with Gasteiger partial charge in [-0.3, -0.25) is 4.68 Å². The molecule has 0 saturated heterocycles. The Morgan fingerprint density at radius 1 is 1.46 bits per heavy atom. The van der Waals surface area contributed by atoms with Crippen molar-refractivity contribution in [2.75, 3.05) is 19.5 Å². The predicted molar refractivity (Wildman–Crippen MR) is 101 cm³/mol. The highest BCUT2D eigenvalue weighted by atomic mass is 32.1. The number of hydrogen-bond donors (Lipinski definition) is 1. The van der Waals surface area contributed by atoms with Crippen molar-refractivity contribution >= 4 is 39.6 Å². The van der Waals surface area contributed by atoms with E-state index in [1.165, 1.54) is 18.4 Å². The van der Waals surface area contributed by atoms with E-state index >= 15 is 0 Å². The number of nitrogens with zero attached hydrogens (tertiary/aromatic N) is 3. The van der Waals surface area contributed by atoms with Gasteiger partial charge in [-0.1, -0.05) is 0 Å². The van der Waals surface area contributed by atoms with Crippen molar-refractivity contribution in [3.63, 3.8) is 0 Å². The maximum absolute atomic E-state index is 12.0. The second-order valence-electron chi connectivity index (χ2n) is 5.68. The van der Waals surface area contributed by atoms with Gasteiger partial charge < -0.3 is 15.0 Å². The van der Waals surface area contributed by atoms with Crippen LogP contribution in [0, 0.1) is 20.8 Å². The molecule has 2 aromatic heterocycles. The summed E-state index contributed by atoms with van der Waals surface area (Å²) in [6, 6.07) is 0. The van der Waals surface area contributed by atoms with Crippen molar-refractivity contribution < 1.29 is 9.53 Å². The second kappa shape index (κ2) is 7.31. The fraction of sp³-hybridized carbons (Fsp3) is 0.438. The predicted octanol–water partition coefficient (Wildman–Crippen LogP) is 3.02. The molecular formula is C16H22N4O2S2. The number of thiocarbonyl (C=S) groups is 1. The topological polar surface area (TPSA) is 59.4 Å². The lowest BCUT2D eigenvalue weighted by Gasteiger charge is -2.20. The van der Waals surface area contributed by atoms with Crippen LogP contribution >= 0.6 is 23.6 Å². The zero-order valence-electron chi connectivity index (χ0n) is 14.8. The first-order valence-corrected chi connectivity index (χ1v) is 8.66. The normalized spacial score (nSPS) is 10.6. The summed E-state index contributed by atoms with van der Waals surface area (Å²) < 4.78 is 6.68. The Balaban J connectivity index is 2.16. The highest BCUT2D eigenvalue weighted by Gasteiger charge is 2.21. The molecule has 0 bridgehead atoms. The van der Waals surface area contributed by atoms with Crippen LogP contribution in [0.3, 0.4) is 0 Å². The highest BCUT2D eigenvalue weighted by molar-refractivity contribution is 7.80. The third kappa shape index (κ3) is 3.76. The highest BCUT2D eigenvalue weighted by Crippen LogP contribution is 2.33. The van der Waals surface area contributed by atoms with Crippen molar-refractivity contribution in [3.8, 4) is 0 Å². The van der Waals surface area contributed by atoms with Crippen LogP contribution in [0.2, 0.25) is 0 Å². The summed E-state index contributed by atoms with van der Waals surface area (Å²) in [5.74, 6) is -0.354. The molecule has 0 atom stereocenters. The lowest BCUT2D eigenvalue weighted by atomic mass is 10.1. The number of carbonyl (C=O) groups is 1. The number of hydrogen-bond acceptors (Lipinski definition) is 5. The number of carbonyl (C=O) groups excluding carboxylic acids is 1. The average Bonchev–Trinajstić information content (AvgIpc) is 2.97. The van der Waals surface area contributed by atoms with E-state index in [9.17, 15) is 4.79 Å². The van der Waals surface area contributed by atoms with Crippen molar-refractivity contribution in [1.29, 1.82) is 0 Å². The first kappa shape index (κ1) is 18.4. The molecule has 0 saturated carbocycles. The van der Waals surface area contributed by atoms with Crippen LogP contribution in [-0.4, -0.2) is 39.9 Å². The minimum Gasteiger partial charge on any atom is -0.465 e. The summed E-state index contributed by atoms with van der Waals surface area (Å²) in [6.07, 6.45) is 1.98. The molecule has 0 aliphatic carbocycles. The van der Waals surface area contributed by atoms with E-state index in [0.717, 1.165) is 26.7 Å². The Kier molecular flexibility index (Phi) is 5.61. The van der Waals surface area contributed by atoms with E-state index in [4.69, 9.17) is 17.0 Å². The van der Waals surface area contributed by atoms with Gasteiger partial charge in [0.1, 0.15) is 5.00 Å². The first-order chi connectivity index (χ1) is 11.2. The van der Waals surface area contributed by atoms with Gasteiger partial charge in [0.25, 0.3) is 0 Å². The molecule has 0 aliphatic heterocycles. The minimum absolute atomic E-state index is 0.354. The first-order valence-electron chi connectivity index (χ1n) is 7.44. The summed E-state index contributed by atoms with van der Waals surface area (Å²) >= 11 is 6.99. The molecule has 0 unspecified atom stereocenters. The Morgan fingerprint density at radius 3 is 2.67 bits per heavy atom. The van der Waals surface area contributed by atoms with Crippen molar-refractivity contribution in [3.05, 3.63) is 33.5 Å². The summed E-state index contributed by atoms with van der Waals surface area (Å²) in [7, 11) is 5.19. The molecule has 0 aliphatic rings. The number of aryl methyl sites for hydroxylation is 3. The molecule has 0 fully saturated rings. The van der Waals surface area contributed by atoms with Crippen molar-refractivity contribution in [1.82, 2.24) is 14.7 Å². The van der Waals surface area contributed by atoms with E-state index in [-0.39, 0.29) is 5.97 Å². The molecular weight excluding hydrogens is 344 g/mol. The van der Waals surface area contributed by atoms with Crippen LogP contribution in [0.15, 0.2) is 6.20 Å². The maximum atomic E-state index is 12.0. The van der Waals surface area contributed by atoms with Crippen LogP contribution in [0.5, 0.6) is 0 Å². The zero-order valence-corrected chi connectivity index (χ0v) is 16.4. The third-order valence-electron chi connectivity index (χ3n) is 3.86. The molecule has 8 heteroatoms. The van der Waals surface area contributed by atoms with Gasteiger partial charge in [-0.05, 0) is 38.6 Å². The van der Waals surface area contributed by atoms with Gasteiger partial charge >= 0.3 is 5.97 Å². The molecule has 24 heavy (non-hydrogen) atoms. The van der Waals surface area contributed by atoms with E-state index in [2.05, 4.69) is 10.4 Å². The van der Waals surface area contributed by atoms with Gasteiger partial charge in [0.05, 0.1) is 18.4 Å². The molecule has 0 spiro atoms. The van der Waals surface area contributed by atoms with Gasteiger partial charge in [0.2, 0.25) is 0 Å². The Bertz CT molecular complexity index is 779. The van der Waals surface area contributed by atoms with E-state index in [1.807, 2.05) is 46.0 Å². The number of thiophene rings is 1. The lowest BCUT2D eigenvalue weighted by molar-refractivity contribution is 0.0601. The molecule has 130 valence electrons. The molecule has 0 aromatic carbocycles. The van der Waals surface area contributed by atoms with Gasteiger partial charge in [0.15, 0.2) is 5.11 Å². The summed E-state index contributed by atoms with van der Waals surface area (Å²) in [5, 5.41) is 8.78. The maximum Gasteiger partial charge on any atom is 0.341 e. The summed E-state index contributed by atoms with van der Waals surface area (Å²) in [6.45, 7) is 6.50.